The number of aryl methyl sites for hydroxylation is 1. The van der Waals surface area contributed by atoms with Gasteiger partial charge in [-0.25, -0.2) is 14.7 Å². The standard InChI is InChI=1S/C23H24FN3O5/c1-14(28)25-11-19-12-27(23(30)32-19)18-8-9-20(21(24)10-18)16-5-2-15(3-6-16)4-7-17-13-31-26-22(17)29/h2-3,5-6,8-10,17,19H,4,7,11-13H2,1H3,(H,25,28)(H,26,29)/t17-,19-/m0/s1. The second kappa shape index (κ2) is 9.35. The van der Waals surface area contributed by atoms with E-state index in [0.717, 1.165) is 12.0 Å². The third kappa shape index (κ3) is 4.88. The van der Waals surface area contributed by atoms with Crippen LogP contribution >= 0.6 is 0 Å². The summed E-state index contributed by atoms with van der Waals surface area (Å²) in [6, 6.07) is 12.1. The Morgan fingerprint density at radius 3 is 2.66 bits per heavy atom. The molecular weight excluding hydrogens is 417 g/mol. The van der Waals surface area contributed by atoms with Gasteiger partial charge in [-0.05, 0) is 42.2 Å². The molecule has 2 aliphatic rings. The number of hydroxylamine groups is 1. The Bertz CT molecular complexity index is 1030. The summed E-state index contributed by atoms with van der Waals surface area (Å²) in [4.78, 5) is 41.0. The molecule has 2 aromatic carbocycles. The van der Waals surface area contributed by atoms with Crippen LogP contribution in [0.3, 0.4) is 0 Å². The summed E-state index contributed by atoms with van der Waals surface area (Å²) in [7, 11) is 0. The van der Waals surface area contributed by atoms with Crippen molar-refractivity contribution in [3.8, 4) is 11.1 Å². The van der Waals surface area contributed by atoms with Crippen molar-refractivity contribution in [3.05, 3.63) is 53.8 Å². The van der Waals surface area contributed by atoms with Gasteiger partial charge in [0.2, 0.25) is 11.8 Å². The molecule has 2 heterocycles. The summed E-state index contributed by atoms with van der Waals surface area (Å²) in [6.07, 6.45) is 0.352. The Kier molecular flexibility index (Phi) is 6.36. The zero-order valence-corrected chi connectivity index (χ0v) is 17.6. The lowest BCUT2D eigenvalue weighted by atomic mass is 9.97. The van der Waals surface area contributed by atoms with Gasteiger partial charge in [-0.15, -0.1) is 0 Å². The zero-order chi connectivity index (χ0) is 22.7. The number of hydrogen-bond donors (Lipinski definition) is 2. The number of amides is 3. The van der Waals surface area contributed by atoms with Crippen molar-refractivity contribution in [1.82, 2.24) is 10.8 Å². The number of cyclic esters (lactones) is 1. The second-order valence-electron chi connectivity index (χ2n) is 7.93. The molecule has 0 aliphatic carbocycles. The highest BCUT2D eigenvalue weighted by atomic mass is 19.1. The molecule has 9 heteroatoms. The first-order valence-electron chi connectivity index (χ1n) is 10.4. The number of rotatable bonds is 7. The van der Waals surface area contributed by atoms with Crippen molar-refractivity contribution in [2.24, 2.45) is 5.92 Å². The average Bonchev–Trinajstić information content (AvgIpc) is 3.36. The van der Waals surface area contributed by atoms with Crippen LogP contribution in [0.5, 0.6) is 0 Å². The number of nitrogens with one attached hydrogen (secondary N) is 2. The molecule has 2 aliphatic heterocycles. The Morgan fingerprint density at radius 2 is 2.00 bits per heavy atom. The van der Waals surface area contributed by atoms with Gasteiger partial charge in [0.1, 0.15) is 11.9 Å². The maximum absolute atomic E-state index is 14.9. The molecule has 0 bridgehead atoms. The number of halogens is 1. The molecule has 0 aromatic heterocycles. The number of hydrogen-bond acceptors (Lipinski definition) is 5. The highest BCUT2D eigenvalue weighted by molar-refractivity contribution is 5.90. The number of carbonyl (C=O) groups excluding carboxylic acids is 3. The molecule has 2 N–H and O–H groups in total. The molecule has 2 atom stereocenters. The average molecular weight is 441 g/mol. The first kappa shape index (κ1) is 21.8. The summed E-state index contributed by atoms with van der Waals surface area (Å²) in [5.74, 6) is -0.894. The van der Waals surface area contributed by atoms with E-state index in [9.17, 15) is 18.8 Å². The minimum Gasteiger partial charge on any atom is -0.442 e. The molecule has 2 aromatic rings. The Hall–Kier alpha value is -3.46. The van der Waals surface area contributed by atoms with E-state index in [1.165, 1.54) is 17.9 Å². The minimum atomic E-state index is -0.571. The SMILES string of the molecule is CC(=O)NC[C@H]1CN(c2ccc(-c3ccc(CC[C@H]4CONC4=O)cc3)c(F)c2)C(=O)O1. The number of nitrogens with zero attached hydrogens (tertiary/aromatic N) is 1. The van der Waals surface area contributed by atoms with Crippen molar-refractivity contribution >= 4 is 23.6 Å². The molecule has 0 spiro atoms. The van der Waals surface area contributed by atoms with Crippen LogP contribution in [0, 0.1) is 11.7 Å². The molecule has 3 amide bonds. The van der Waals surface area contributed by atoms with Gasteiger partial charge in [-0.2, -0.15) is 0 Å². The topological polar surface area (TPSA) is 97.0 Å². The second-order valence-corrected chi connectivity index (χ2v) is 7.93. The molecule has 8 nitrogen and oxygen atoms in total. The Morgan fingerprint density at radius 1 is 1.22 bits per heavy atom. The molecule has 0 saturated carbocycles. The van der Waals surface area contributed by atoms with E-state index in [0.29, 0.717) is 29.8 Å². The van der Waals surface area contributed by atoms with Gasteiger partial charge in [-0.1, -0.05) is 24.3 Å². The van der Waals surface area contributed by atoms with Crippen molar-refractivity contribution < 1.29 is 28.3 Å². The van der Waals surface area contributed by atoms with Crippen LogP contribution in [0.25, 0.3) is 11.1 Å². The van der Waals surface area contributed by atoms with Crippen LogP contribution in [0.2, 0.25) is 0 Å². The van der Waals surface area contributed by atoms with Gasteiger partial charge >= 0.3 is 6.09 Å². The van der Waals surface area contributed by atoms with E-state index in [2.05, 4.69) is 10.8 Å². The van der Waals surface area contributed by atoms with Gasteiger partial charge in [-0.3, -0.25) is 19.3 Å². The fraction of sp³-hybridized carbons (Fsp3) is 0.348. The lowest BCUT2D eigenvalue weighted by Gasteiger charge is -2.15. The molecule has 0 radical (unpaired) electrons. The highest BCUT2D eigenvalue weighted by Crippen LogP contribution is 2.29. The van der Waals surface area contributed by atoms with Gasteiger partial charge in [0.05, 0.1) is 31.3 Å². The largest absolute Gasteiger partial charge is 0.442 e. The van der Waals surface area contributed by atoms with Gasteiger partial charge < -0.3 is 10.1 Å². The van der Waals surface area contributed by atoms with E-state index in [4.69, 9.17) is 9.57 Å². The maximum Gasteiger partial charge on any atom is 0.414 e. The van der Waals surface area contributed by atoms with Crippen LogP contribution in [-0.2, 0) is 25.6 Å². The molecule has 0 unspecified atom stereocenters. The normalized spacial score (nSPS) is 20.2. The molecule has 168 valence electrons. The van der Waals surface area contributed by atoms with Crippen LogP contribution in [-0.4, -0.2) is 43.7 Å². The monoisotopic (exact) mass is 441 g/mol. The van der Waals surface area contributed by atoms with E-state index in [1.54, 1.807) is 12.1 Å². The minimum absolute atomic E-state index is 0.0906. The predicted octanol–water partition coefficient (Wildman–Crippen LogP) is 2.56. The van der Waals surface area contributed by atoms with E-state index < -0.39 is 18.0 Å². The van der Waals surface area contributed by atoms with E-state index in [-0.39, 0.29) is 30.8 Å². The third-order valence-electron chi connectivity index (χ3n) is 5.59. The van der Waals surface area contributed by atoms with Crippen LogP contribution in [0.4, 0.5) is 14.9 Å². The van der Waals surface area contributed by atoms with E-state index >= 15 is 0 Å². The predicted molar refractivity (Wildman–Crippen MR) is 114 cm³/mol. The van der Waals surface area contributed by atoms with Gasteiger partial charge in [0.15, 0.2) is 0 Å². The zero-order valence-electron chi connectivity index (χ0n) is 17.6. The summed E-state index contributed by atoms with van der Waals surface area (Å²) in [6.45, 7) is 2.21. The molecule has 32 heavy (non-hydrogen) atoms. The third-order valence-corrected chi connectivity index (χ3v) is 5.59. The first-order chi connectivity index (χ1) is 15.4. The molecule has 2 saturated heterocycles. The van der Waals surface area contributed by atoms with Crippen LogP contribution < -0.4 is 15.7 Å². The fourth-order valence-corrected chi connectivity index (χ4v) is 3.78. The lowest BCUT2D eigenvalue weighted by molar-refractivity contribution is -0.126. The Labute approximate surface area is 184 Å². The smallest absolute Gasteiger partial charge is 0.414 e. The Balaban J connectivity index is 1.40. The van der Waals surface area contributed by atoms with Crippen molar-refractivity contribution in [3.63, 3.8) is 0 Å². The number of benzene rings is 2. The summed E-state index contributed by atoms with van der Waals surface area (Å²) < 4.78 is 20.1. The summed E-state index contributed by atoms with van der Waals surface area (Å²) in [5, 5.41) is 2.61. The molecule has 2 fully saturated rings. The van der Waals surface area contributed by atoms with Gasteiger partial charge in [0.25, 0.3) is 0 Å². The van der Waals surface area contributed by atoms with Crippen molar-refractivity contribution in [2.45, 2.75) is 25.9 Å². The summed E-state index contributed by atoms with van der Waals surface area (Å²) >= 11 is 0. The molecule has 4 rings (SSSR count). The molecular formula is C23H24FN3O5. The fourth-order valence-electron chi connectivity index (χ4n) is 3.78. The van der Waals surface area contributed by atoms with Gasteiger partial charge in [0, 0.05) is 12.5 Å². The van der Waals surface area contributed by atoms with Crippen molar-refractivity contribution in [2.75, 3.05) is 24.6 Å². The summed E-state index contributed by atoms with van der Waals surface area (Å²) in [5.41, 5.74) is 4.94. The number of anilines is 1. The van der Waals surface area contributed by atoms with Crippen molar-refractivity contribution in [1.29, 1.82) is 0 Å². The lowest BCUT2D eigenvalue weighted by Crippen LogP contribution is -2.33. The van der Waals surface area contributed by atoms with Crippen LogP contribution in [0.1, 0.15) is 18.9 Å². The highest BCUT2D eigenvalue weighted by Gasteiger charge is 2.32. The number of ether oxygens (including phenoxy) is 1. The maximum atomic E-state index is 14.9. The first-order valence-corrected chi connectivity index (χ1v) is 10.4. The van der Waals surface area contributed by atoms with Crippen LogP contribution in [0.15, 0.2) is 42.5 Å². The van der Waals surface area contributed by atoms with E-state index in [1.807, 2.05) is 24.3 Å². The number of carbonyl (C=O) groups is 3. The quantitative estimate of drug-likeness (QED) is 0.689.